The third-order valence-corrected chi connectivity index (χ3v) is 13.0. The molecular formula is C67H107NO10. The maximum atomic E-state index is 13.4. The Labute approximate surface area is 473 Å². The number of hydrogen-bond acceptors (Lipinski definition) is 10. The summed E-state index contributed by atoms with van der Waals surface area (Å²) >= 11 is 0. The van der Waals surface area contributed by atoms with Gasteiger partial charge in [-0.1, -0.05) is 224 Å². The molecule has 0 spiro atoms. The van der Waals surface area contributed by atoms with Gasteiger partial charge in [0, 0.05) is 6.42 Å². The van der Waals surface area contributed by atoms with E-state index in [0.29, 0.717) is 12.8 Å². The minimum absolute atomic E-state index is 0.0524. The van der Waals surface area contributed by atoms with Crippen LogP contribution in [-0.4, -0.2) is 99.6 Å². The minimum Gasteiger partial charge on any atom is -0.454 e. The van der Waals surface area contributed by atoms with Crippen molar-refractivity contribution in [2.75, 3.05) is 13.2 Å². The van der Waals surface area contributed by atoms with Crippen LogP contribution in [0.15, 0.2) is 146 Å². The Hall–Kier alpha value is -4.46. The number of aliphatic hydroxyl groups is 5. The summed E-state index contributed by atoms with van der Waals surface area (Å²) in [6.07, 6.45) is 66.1. The fraction of sp³-hybridized carbons (Fsp3) is 0.612. The third kappa shape index (κ3) is 40.7. The Morgan fingerprint density at radius 1 is 0.513 bits per heavy atom. The smallest absolute Gasteiger partial charge is 0.306 e. The molecule has 11 nitrogen and oxygen atoms in total. The highest BCUT2D eigenvalue weighted by molar-refractivity contribution is 5.80. The second-order valence-corrected chi connectivity index (χ2v) is 20.0. The van der Waals surface area contributed by atoms with E-state index in [9.17, 15) is 35.1 Å². The Bertz CT molecular complexity index is 1820. The summed E-state index contributed by atoms with van der Waals surface area (Å²) in [5.74, 6) is -1.32. The van der Waals surface area contributed by atoms with Gasteiger partial charge in [0.1, 0.15) is 24.4 Å². The second kappa shape index (κ2) is 53.2. The molecule has 0 aromatic carbocycles. The standard InChI is InChI=1S/C67H107NO10/c1-4-7-10-13-16-19-22-25-27-29-30-31-32-33-35-37-40-43-46-49-52-55-62(72)78-65-64(74)63(73)61(56-69)77-67(65)76-57-58(59(70)53-50-47-44-41-38-24-21-18-15-12-9-6-3)68-66(75)60(71)54-51-48-45-42-39-36-34-28-26-23-20-17-14-11-8-5-2/h7-8,10-11,16-17,19-20,25-28,30-31,33,35-36,39-40,43,45,48,50,53,58-61,63-65,67,69-71,73-74H,4-6,9,12-15,18,21-24,29,32,34,37-38,41-42,44,46-47,49,51-52,54-57H2,1-3H3,(H,68,75)/b10-7-,11-8-,19-16-,20-17-,27-25-,28-26-,31-30-,35-33-,39-36-,43-40-,48-45-,53-50+. The molecule has 0 aromatic rings. The molecule has 0 bridgehead atoms. The van der Waals surface area contributed by atoms with Crippen molar-refractivity contribution in [1.29, 1.82) is 0 Å². The van der Waals surface area contributed by atoms with Crippen LogP contribution in [0, 0.1) is 0 Å². The minimum atomic E-state index is -1.65. The van der Waals surface area contributed by atoms with Crippen LogP contribution in [-0.2, 0) is 23.8 Å². The fourth-order valence-electron chi connectivity index (χ4n) is 8.27. The lowest BCUT2D eigenvalue weighted by atomic mass is 9.99. The van der Waals surface area contributed by atoms with Crippen molar-refractivity contribution in [3.8, 4) is 0 Å². The van der Waals surface area contributed by atoms with E-state index in [-0.39, 0.29) is 19.4 Å². The molecule has 1 amide bonds. The fourth-order valence-corrected chi connectivity index (χ4v) is 8.27. The van der Waals surface area contributed by atoms with Crippen molar-refractivity contribution in [1.82, 2.24) is 5.32 Å². The molecule has 1 aliphatic rings. The number of unbranched alkanes of at least 4 members (excludes halogenated alkanes) is 12. The molecule has 0 aliphatic carbocycles. The zero-order valence-electron chi connectivity index (χ0n) is 48.5. The van der Waals surface area contributed by atoms with Gasteiger partial charge in [0.2, 0.25) is 5.91 Å². The van der Waals surface area contributed by atoms with Crippen LogP contribution in [0.25, 0.3) is 0 Å². The average molecular weight is 1090 g/mol. The molecule has 11 heteroatoms. The number of ether oxygens (including phenoxy) is 3. The summed E-state index contributed by atoms with van der Waals surface area (Å²) in [6.45, 7) is 5.47. The van der Waals surface area contributed by atoms with Crippen molar-refractivity contribution in [2.45, 2.75) is 250 Å². The largest absolute Gasteiger partial charge is 0.454 e. The molecule has 0 radical (unpaired) electrons. The van der Waals surface area contributed by atoms with E-state index >= 15 is 0 Å². The summed E-state index contributed by atoms with van der Waals surface area (Å²) in [5, 5.41) is 56.8. The van der Waals surface area contributed by atoms with Crippen molar-refractivity contribution in [3.63, 3.8) is 0 Å². The summed E-state index contributed by atoms with van der Waals surface area (Å²) < 4.78 is 17.5. The highest BCUT2D eigenvalue weighted by atomic mass is 16.7. The predicted octanol–water partition coefficient (Wildman–Crippen LogP) is 14.2. The van der Waals surface area contributed by atoms with Gasteiger partial charge in [-0.15, -0.1) is 0 Å². The molecule has 1 heterocycles. The second-order valence-electron chi connectivity index (χ2n) is 20.0. The number of amides is 1. The molecule has 0 saturated carbocycles. The van der Waals surface area contributed by atoms with E-state index in [1.165, 1.54) is 44.9 Å². The summed E-state index contributed by atoms with van der Waals surface area (Å²) in [6, 6.07) is -1.07. The number of esters is 1. The molecule has 78 heavy (non-hydrogen) atoms. The van der Waals surface area contributed by atoms with Crippen LogP contribution >= 0.6 is 0 Å². The highest BCUT2D eigenvalue weighted by Crippen LogP contribution is 2.26. The molecular weight excluding hydrogens is 979 g/mol. The summed E-state index contributed by atoms with van der Waals surface area (Å²) in [5.41, 5.74) is 0. The normalized spacial score (nSPS) is 20.0. The average Bonchev–Trinajstić information content (AvgIpc) is 3.45. The van der Waals surface area contributed by atoms with Crippen molar-refractivity contribution >= 4 is 11.9 Å². The van der Waals surface area contributed by atoms with Crippen molar-refractivity contribution in [2.24, 2.45) is 0 Å². The van der Waals surface area contributed by atoms with Crippen LogP contribution in [0.1, 0.15) is 201 Å². The molecule has 440 valence electrons. The van der Waals surface area contributed by atoms with Crippen LogP contribution < -0.4 is 5.32 Å². The molecule has 6 N–H and O–H groups in total. The lowest BCUT2D eigenvalue weighted by Gasteiger charge is -2.41. The first-order valence-electron chi connectivity index (χ1n) is 30.1. The first-order valence-corrected chi connectivity index (χ1v) is 30.1. The number of rotatable bonds is 48. The first kappa shape index (κ1) is 71.6. The van der Waals surface area contributed by atoms with Gasteiger partial charge in [0.05, 0.1) is 25.4 Å². The quantitative estimate of drug-likeness (QED) is 0.0195. The summed E-state index contributed by atoms with van der Waals surface area (Å²) in [4.78, 5) is 26.5. The van der Waals surface area contributed by atoms with Gasteiger partial charge in [-0.05, 0) is 116 Å². The molecule has 1 fully saturated rings. The van der Waals surface area contributed by atoms with Crippen molar-refractivity contribution in [3.05, 3.63) is 146 Å². The number of allylic oxidation sites excluding steroid dienone is 23. The lowest BCUT2D eigenvalue weighted by molar-refractivity contribution is -0.305. The number of hydrogen-bond donors (Lipinski definition) is 6. The van der Waals surface area contributed by atoms with Crippen LogP contribution in [0.3, 0.4) is 0 Å². The highest BCUT2D eigenvalue weighted by Gasteiger charge is 2.47. The van der Waals surface area contributed by atoms with E-state index in [1.807, 2.05) is 18.2 Å². The molecule has 1 rings (SSSR count). The maximum absolute atomic E-state index is 13.4. The SMILES string of the molecule is CC/C=C\C/C=C\C/C=C\C/C=C\C/C=C\C/C=C\CCCCC(=O)OC1C(OCC(NC(=O)C(O)CC/C=C\C/C=C\C/C=C\C/C=C\C/C=C\CC)C(O)/C=C/CCCCCCCCCCCC)OC(CO)C(O)C1O. The molecule has 0 aromatic heterocycles. The zero-order chi connectivity index (χ0) is 56.8. The van der Waals surface area contributed by atoms with Crippen LogP contribution in [0.2, 0.25) is 0 Å². The van der Waals surface area contributed by atoms with Gasteiger partial charge in [-0.2, -0.15) is 0 Å². The number of aliphatic hydroxyl groups excluding tert-OH is 5. The van der Waals surface area contributed by atoms with Crippen LogP contribution in [0.4, 0.5) is 0 Å². The Morgan fingerprint density at radius 3 is 1.38 bits per heavy atom. The predicted molar refractivity (Wildman–Crippen MR) is 324 cm³/mol. The van der Waals surface area contributed by atoms with E-state index < -0.39 is 67.4 Å². The Balaban J connectivity index is 2.77. The van der Waals surface area contributed by atoms with Gasteiger partial charge >= 0.3 is 5.97 Å². The van der Waals surface area contributed by atoms with E-state index in [0.717, 1.165) is 109 Å². The van der Waals surface area contributed by atoms with E-state index in [1.54, 1.807) is 6.08 Å². The van der Waals surface area contributed by atoms with E-state index in [4.69, 9.17) is 14.2 Å². The van der Waals surface area contributed by atoms with Gasteiger partial charge in [-0.3, -0.25) is 9.59 Å². The van der Waals surface area contributed by atoms with Crippen LogP contribution in [0.5, 0.6) is 0 Å². The Kier molecular flexibility index (Phi) is 48.8. The molecule has 1 aliphatic heterocycles. The maximum Gasteiger partial charge on any atom is 0.306 e. The summed E-state index contributed by atoms with van der Waals surface area (Å²) in [7, 11) is 0. The van der Waals surface area contributed by atoms with Gasteiger partial charge in [0.15, 0.2) is 12.4 Å². The van der Waals surface area contributed by atoms with Gasteiger partial charge < -0.3 is 45.1 Å². The number of nitrogens with one attached hydrogen (secondary N) is 1. The topological polar surface area (TPSA) is 175 Å². The zero-order valence-corrected chi connectivity index (χ0v) is 48.5. The molecule has 1 saturated heterocycles. The van der Waals surface area contributed by atoms with Gasteiger partial charge in [0.25, 0.3) is 0 Å². The number of carbonyl (C=O) groups is 2. The molecule has 8 unspecified atom stereocenters. The third-order valence-electron chi connectivity index (χ3n) is 13.0. The first-order chi connectivity index (χ1) is 38.2. The van der Waals surface area contributed by atoms with Crippen molar-refractivity contribution < 1.29 is 49.3 Å². The number of carbonyl (C=O) groups excluding carboxylic acids is 2. The lowest BCUT2D eigenvalue weighted by Crippen LogP contribution is -2.61. The Morgan fingerprint density at radius 2 is 0.923 bits per heavy atom. The van der Waals surface area contributed by atoms with E-state index in [2.05, 4.69) is 148 Å². The molecule has 8 atom stereocenters. The monoisotopic (exact) mass is 1090 g/mol. The van der Waals surface area contributed by atoms with Gasteiger partial charge in [-0.25, -0.2) is 0 Å².